The number of anilines is 1. The van der Waals surface area contributed by atoms with Crippen LogP contribution in [0, 0.1) is 23.6 Å². The highest BCUT2D eigenvalue weighted by atomic mass is 79.9. The second-order valence-electron chi connectivity index (χ2n) is 10.8. The number of imide groups is 2. The molecule has 2 aromatic rings. The molecule has 6 unspecified atom stereocenters. The minimum absolute atomic E-state index is 0.0505. The molecule has 2 aliphatic heterocycles. The van der Waals surface area contributed by atoms with Crippen molar-refractivity contribution in [3.05, 3.63) is 71.1 Å². The molecule has 2 aliphatic carbocycles. The minimum Gasteiger partial charge on any atom is -0.505 e. The van der Waals surface area contributed by atoms with Gasteiger partial charge < -0.3 is 5.11 Å². The summed E-state index contributed by atoms with van der Waals surface area (Å²) in [7, 11) is 0. The van der Waals surface area contributed by atoms with Crippen molar-refractivity contribution in [1.82, 2.24) is 4.90 Å². The van der Waals surface area contributed by atoms with E-state index in [1.165, 1.54) is 43.3 Å². The van der Waals surface area contributed by atoms with Gasteiger partial charge in [0.25, 0.3) is 11.8 Å². The summed E-state index contributed by atoms with van der Waals surface area (Å²) in [5.74, 6) is -8.28. The number of amides is 4. The van der Waals surface area contributed by atoms with Gasteiger partial charge in [-0.1, -0.05) is 39.7 Å². The SMILES string of the molecule is CC(=O)c1ccc(N2C(=O)C3CC=C4C(CC5(Cl)C(=O)N(CBr)C(=O)C5(Cl)C4c4cccc(F)c4O)C3C2=O)cc1. The van der Waals surface area contributed by atoms with Crippen molar-refractivity contribution in [2.24, 2.45) is 17.8 Å². The van der Waals surface area contributed by atoms with Gasteiger partial charge in [-0.2, -0.15) is 0 Å². The highest BCUT2D eigenvalue weighted by Crippen LogP contribution is 2.66. The summed E-state index contributed by atoms with van der Waals surface area (Å²) in [6.07, 6.45) is 1.58. The Bertz CT molecular complexity index is 1600. The number of fused-ring (bicyclic) bond motifs is 4. The average molecular weight is 664 g/mol. The Balaban J connectivity index is 1.50. The van der Waals surface area contributed by atoms with Crippen molar-refractivity contribution in [2.45, 2.75) is 35.4 Å². The Morgan fingerprint density at radius 1 is 1.05 bits per heavy atom. The molecule has 0 bridgehead atoms. The van der Waals surface area contributed by atoms with Crippen molar-refractivity contribution in [3.63, 3.8) is 0 Å². The molecule has 2 heterocycles. The molecule has 1 N–H and O–H groups in total. The Labute approximate surface area is 252 Å². The van der Waals surface area contributed by atoms with E-state index in [0.717, 1.165) is 15.9 Å². The predicted molar refractivity (Wildman–Crippen MR) is 150 cm³/mol. The second-order valence-corrected chi connectivity index (χ2v) is 12.5. The lowest BCUT2D eigenvalue weighted by atomic mass is 9.56. The molecule has 6 atom stereocenters. The van der Waals surface area contributed by atoms with Crippen LogP contribution >= 0.6 is 39.1 Å². The molecule has 2 saturated heterocycles. The van der Waals surface area contributed by atoms with Gasteiger partial charge >= 0.3 is 0 Å². The van der Waals surface area contributed by atoms with E-state index in [4.69, 9.17) is 23.2 Å². The maximum Gasteiger partial charge on any atom is 0.254 e. The molecule has 3 fully saturated rings. The van der Waals surface area contributed by atoms with E-state index in [9.17, 15) is 33.5 Å². The first-order valence-electron chi connectivity index (χ1n) is 12.8. The van der Waals surface area contributed by atoms with E-state index < -0.39 is 68.6 Å². The van der Waals surface area contributed by atoms with Crippen LogP contribution in [0.4, 0.5) is 10.1 Å². The number of carbonyl (C=O) groups excluding carboxylic acids is 5. The van der Waals surface area contributed by atoms with Gasteiger partial charge in [0, 0.05) is 17.0 Å². The van der Waals surface area contributed by atoms with Crippen molar-refractivity contribution < 1.29 is 33.5 Å². The first-order valence-corrected chi connectivity index (χ1v) is 14.7. The maximum atomic E-state index is 14.6. The zero-order valence-corrected chi connectivity index (χ0v) is 24.5. The molecular weight excluding hydrogens is 642 g/mol. The Kier molecular flexibility index (Phi) is 6.48. The monoisotopic (exact) mass is 662 g/mol. The molecule has 0 aromatic heterocycles. The summed E-state index contributed by atoms with van der Waals surface area (Å²) >= 11 is 17.3. The number of para-hydroxylation sites is 1. The lowest BCUT2D eigenvalue weighted by Gasteiger charge is -2.50. The van der Waals surface area contributed by atoms with E-state index in [0.29, 0.717) is 16.8 Å². The molecule has 41 heavy (non-hydrogen) atoms. The zero-order valence-electron chi connectivity index (χ0n) is 21.4. The number of phenolic OH excluding ortho intramolecular Hbond substituents is 1. The summed E-state index contributed by atoms with van der Waals surface area (Å²) in [5, 5.41) is 10.8. The van der Waals surface area contributed by atoms with Crippen LogP contribution in [0.25, 0.3) is 0 Å². The zero-order chi connectivity index (χ0) is 29.6. The van der Waals surface area contributed by atoms with Crippen LogP contribution in [0.3, 0.4) is 0 Å². The number of likely N-dealkylation sites (tertiary alicyclic amines) is 1. The van der Waals surface area contributed by atoms with E-state index >= 15 is 0 Å². The topological polar surface area (TPSA) is 112 Å². The van der Waals surface area contributed by atoms with E-state index in [1.54, 1.807) is 6.08 Å². The van der Waals surface area contributed by atoms with Crippen molar-refractivity contribution in [2.75, 3.05) is 10.4 Å². The quantitative estimate of drug-likeness (QED) is 0.168. The van der Waals surface area contributed by atoms with Gasteiger partial charge in [-0.15, -0.1) is 23.2 Å². The number of phenols is 1. The molecule has 8 nitrogen and oxygen atoms in total. The van der Waals surface area contributed by atoms with Gasteiger partial charge in [-0.25, -0.2) is 4.39 Å². The second kappa shape index (κ2) is 9.47. The number of hydrogen-bond acceptors (Lipinski definition) is 6. The first kappa shape index (κ1) is 28.1. The third kappa shape index (κ3) is 3.59. The van der Waals surface area contributed by atoms with Crippen LogP contribution in [-0.4, -0.2) is 54.6 Å². The summed E-state index contributed by atoms with van der Waals surface area (Å²) < 4.78 is 14.6. The molecule has 6 rings (SSSR count). The fourth-order valence-corrected chi connectivity index (χ4v) is 8.38. The van der Waals surface area contributed by atoms with Crippen LogP contribution in [0.5, 0.6) is 5.75 Å². The number of carbonyl (C=O) groups is 5. The largest absolute Gasteiger partial charge is 0.505 e. The number of nitrogens with zero attached hydrogens (tertiary/aromatic N) is 2. The van der Waals surface area contributed by atoms with Crippen LogP contribution in [0.15, 0.2) is 54.1 Å². The van der Waals surface area contributed by atoms with Crippen LogP contribution in [-0.2, 0) is 19.2 Å². The highest BCUT2D eigenvalue weighted by molar-refractivity contribution is 9.09. The highest BCUT2D eigenvalue weighted by Gasteiger charge is 2.76. The van der Waals surface area contributed by atoms with Gasteiger partial charge in [0.1, 0.15) is 0 Å². The fourth-order valence-electron chi connectivity index (χ4n) is 6.96. The van der Waals surface area contributed by atoms with E-state index in [1.807, 2.05) is 0 Å². The number of alkyl halides is 3. The molecular formula is C29H22BrCl2FN2O6. The van der Waals surface area contributed by atoms with E-state index in [2.05, 4.69) is 15.9 Å². The third-order valence-electron chi connectivity index (χ3n) is 8.88. The Hall–Kier alpha value is -3.08. The molecule has 212 valence electrons. The van der Waals surface area contributed by atoms with Crippen LogP contribution < -0.4 is 4.90 Å². The lowest BCUT2D eigenvalue weighted by molar-refractivity contribution is -0.138. The number of Topliss-reactive ketones (excluding diaryl/α,β-unsaturated/α-hetero) is 1. The van der Waals surface area contributed by atoms with Gasteiger partial charge in [0.2, 0.25) is 11.8 Å². The Morgan fingerprint density at radius 2 is 1.73 bits per heavy atom. The normalized spacial score (nSPS) is 32.6. The number of benzene rings is 2. The van der Waals surface area contributed by atoms with E-state index in [-0.39, 0.29) is 29.6 Å². The van der Waals surface area contributed by atoms with Gasteiger partial charge in [0.15, 0.2) is 27.1 Å². The molecule has 4 amide bonds. The molecule has 0 radical (unpaired) electrons. The fraction of sp³-hybridized carbons (Fsp3) is 0.345. The smallest absolute Gasteiger partial charge is 0.254 e. The number of hydrogen-bond donors (Lipinski definition) is 1. The summed E-state index contributed by atoms with van der Waals surface area (Å²) in [6.45, 7) is 1.41. The minimum atomic E-state index is -2.15. The summed E-state index contributed by atoms with van der Waals surface area (Å²) in [4.78, 5) is 64.4. The molecule has 4 aliphatic rings. The number of halogens is 4. The molecule has 12 heteroatoms. The third-order valence-corrected chi connectivity index (χ3v) is 10.8. The maximum absolute atomic E-state index is 14.6. The lowest BCUT2D eigenvalue weighted by Crippen LogP contribution is -2.60. The molecule has 1 saturated carbocycles. The number of allylic oxidation sites excluding steroid dienone is 2. The standard InChI is InChI=1S/C29H22BrCl2FN2O6/c1-13(36)14-5-7-15(8-6-14)35-24(38)17-10-9-16-19(21(17)25(35)39)11-28(31)26(40)34(12-30)27(41)29(28,32)22(16)18-3-2-4-20(33)23(18)37/h2-9,17,19,21-22,37H,10-12H2,1H3. The van der Waals surface area contributed by atoms with Gasteiger partial charge in [-0.05, 0) is 56.0 Å². The summed E-state index contributed by atoms with van der Waals surface area (Å²) in [6, 6.07) is 9.88. The summed E-state index contributed by atoms with van der Waals surface area (Å²) in [5.41, 5.74) is 0.895. The number of ketones is 1. The average Bonchev–Trinajstić information content (AvgIpc) is 3.28. The van der Waals surface area contributed by atoms with Crippen molar-refractivity contribution in [1.29, 1.82) is 0 Å². The van der Waals surface area contributed by atoms with Gasteiger partial charge in [-0.3, -0.25) is 33.8 Å². The van der Waals surface area contributed by atoms with Crippen molar-refractivity contribution in [3.8, 4) is 5.75 Å². The van der Waals surface area contributed by atoms with Crippen molar-refractivity contribution >= 4 is 74.2 Å². The number of rotatable bonds is 4. The predicted octanol–water partition coefficient (Wildman–Crippen LogP) is 4.65. The number of aromatic hydroxyl groups is 1. The van der Waals surface area contributed by atoms with Gasteiger partial charge in [0.05, 0.1) is 23.0 Å². The first-order chi connectivity index (χ1) is 19.4. The molecule has 2 aromatic carbocycles. The van der Waals surface area contributed by atoms with Crippen LogP contribution in [0.1, 0.15) is 41.6 Å². The Morgan fingerprint density at radius 3 is 2.37 bits per heavy atom. The van der Waals surface area contributed by atoms with Crippen LogP contribution in [0.2, 0.25) is 0 Å². The molecule has 0 spiro atoms.